The molecule has 0 radical (unpaired) electrons. The van der Waals surface area contributed by atoms with E-state index in [0.29, 0.717) is 18.5 Å². The van der Waals surface area contributed by atoms with Gasteiger partial charge < -0.3 is 15.2 Å². The Morgan fingerprint density at radius 2 is 2.20 bits per heavy atom. The highest BCUT2D eigenvalue weighted by molar-refractivity contribution is 5.76. The molecule has 0 aliphatic carbocycles. The summed E-state index contributed by atoms with van der Waals surface area (Å²) in [6, 6.07) is 3.30. The highest BCUT2D eigenvalue weighted by atomic mass is 19.1. The summed E-state index contributed by atoms with van der Waals surface area (Å²) < 4.78 is 30.8. The van der Waals surface area contributed by atoms with Crippen LogP contribution in [0.4, 0.5) is 8.78 Å². The summed E-state index contributed by atoms with van der Waals surface area (Å²) in [5.41, 5.74) is 0.306. The maximum atomic E-state index is 13.3. The minimum atomic E-state index is -0.645. The van der Waals surface area contributed by atoms with Gasteiger partial charge in [-0.15, -0.1) is 0 Å². The predicted molar refractivity (Wildman–Crippen MR) is 70.2 cm³/mol. The molecule has 1 rings (SSSR count). The number of amides is 1. The van der Waals surface area contributed by atoms with Crippen LogP contribution in [0.3, 0.4) is 0 Å². The normalized spacial score (nSPS) is 12.2. The van der Waals surface area contributed by atoms with Crippen LogP contribution in [0.2, 0.25) is 0 Å². The van der Waals surface area contributed by atoms with E-state index in [-0.39, 0.29) is 25.4 Å². The van der Waals surface area contributed by atoms with Gasteiger partial charge >= 0.3 is 0 Å². The molecule has 0 aromatic heterocycles. The molecule has 2 N–H and O–H groups in total. The maximum absolute atomic E-state index is 13.3. The number of aliphatic hydroxyl groups excluding tert-OH is 1. The van der Waals surface area contributed by atoms with E-state index in [1.54, 1.807) is 0 Å². The first-order valence-corrected chi connectivity index (χ1v) is 6.40. The van der Waals surface area contributed by atoms with Crippen molar-refractivity contribution < 1.29 is 23.4 Å². The zero-order valence-electron chi connectivity index (χ0n) is 11.4. The van der Waals surface area contributed by atoms with E-state index >= 15 is 0 Å². The first kappa shape index (κ1) is 16.5. The second kappa shape index (κ2) is 8.60. The van der Waals surface area contributed by atoms with E-state index < -0.39 is 17.7 Å². The van der Waals surface area contributed by atoms with Gasteiger partial charge in [-0.05, 0) is 24.5 Å². The van der Waals surface area contributed by atoms with Crippen molar-refractivity contribution in [2.24, 2.45) is 0 Å². The lowest BCUT2D eigenvalue weighted by Gasteiger charge is -2.10. The number of ether oxygens (including phenoxy) is 1. The van der Waals surface area contributed by atoms with Gasteiger partial charge in [-0.25, -0.2) is 8.78 Å². The predicted octanol–water partition coefficient (Wildman–Crippen LogP) is 1.41. The molecule has 0 spiro atoms. The SMILES string of the molecule is COCC(O)CCNC(=O)CCc1ccc(F)cc1F. The maximum Gasteiger partial charge on any atom is 0.220 e. The summed E-state index contributed by atoms with van der Waals surface area (Å²) in [5.74, 6) is -1.52. The third-order valence-corrected chi connectivity index (χ3v) is 2.80. The lowest BCUT2D eigenvalue weighted by Crippen LogP contribution is -2.28. The molecule has 0 aliphatic heterocycles. The van der Waals surface area contributed by atoms with Crippen LogP contribution in [0.5, 0.6) is 0 Å². The number of benzene rings is 1. The molecule has 6 heteroatoms. The van der Waals surface area contributed by atoms with Crippen molar-refractivity contribution in [2.45, 2.75) is 25.4 Å². The number of hydrogen-bond acceptors (Lipinski definition) is 3. The highest BCUT2D eigenvalue weighted by Crippen LogP contribution is 2.11. The van der Waals surface area contributed by atoms with E-state index in [1.165, 1.54) is 13.2 Å². The number of nitrogens with one attached hydrogen (secondary N) is 1. The lowest BCUT2D eigenvalue weighted by atomic mass is 10.1. The molecule has 0 heterocycles. The average molecular weight is 287 g/mol. The summed E-state index contributed by atoms with van der Waals surface area (Å²) in [7, 11) is 1.49. The third kappa shape index (κ3) is 6.08. The summed E-state index contributed by atoms with van der Waals surface area (Å²) in [4.78, 5) is 11.5. The largest absolute Gasteiger partial charge is 0.391 e. The van der Waals surface area contributed by atoms with Crippen molar-refractivity contribution in [2.75, 3.05) is 20.3 Å². The summed E-state index contributed by atoms with van der Waals surface area (Å²) in [6.07, 6.45) is 0.0984. The number of carbonyl (C=O) groups excluding carboxylic acids is 1. The Hall–Kier alpha value is -1.53. The fourth-order valence-electron chi connectivity index (χ4n) is 1.71. The Kier molecular flexibility index (Phi) is 7.11. The second-order valence-electron chi connectivity index (χ2n) is 4.48. The highest BCUT2D eigenvalue weighted by Gasteiger charge is 2.08. The van der Waals surface area contributed by atoms with Crippen LogP contribution in [0.25, 0.3) is 0 Å². The molecule has 0 saturated heterocycles. The Labute approximate surface area is 116 Å². The molecule has 1 aromatic rings. The van der Waals surface area contributed by atoms with Crippen molar-refractivity contribution in [1.29, 1.82) is 0 Å². The molecule has 0 fully saturated rings. The molecule has 1 aromatic carbocycles. The number of halogens is 2. The molecular weight excluding hydrogens is 268 g/mol. The molecule has 1 atom stereocenters. The molecular formula is C14H19F2NO3. The first-order valence-electron chi connectivity index (χ1n) is 6.40. The molecule has 1 unspecified atom stereocenters. The van der Waals surface area contributed by atoms with E-state index in [4.69, 9.17) is 4.74 Å². The van der Waals surface area contributed by atoms with Crippen molar-refractivity contribution >= 4 is 5.91 Å². The standard InChI is InChI=1S/C14H19F2NO3/c1-20-9-12(18)6-7-17-14(19)5-3-10-2-4-11(15)8-13(10)16/h2,4,8,12,18H,3,5-7,9H2,1H3,(H,17,19). The average Bonchev–Trinajstić information content (AvgIpc) is 2.38. The zero-order valence-corrected chi connectivity index (χ0v) is 11.4. The molecule has 4 nitrogen and oxygen atoms in total. The van der Waals surface area contributed by atoms with Crippen LogP contribution in [0.1, 0.15) is 18.4 Å². The number of hydrogen-bond donors (Lipinski definition) is 2. The molecule has 1 amide bonds. The van der Waals surface area contributed by atoms with Crippen LogP contribution >= 0.6 is 0 Å². The van der Waals surface area contributed by atoms with Crippen molar-refractivity contribution in [3.05, 3.63) is 35.4 Å². The monoisotopic (exact) mass is 287 g/mol. The number of carbonyl (C=O) groups is 1. The van der Waals surface area contributed by atoms with Crippen molar-refractivity contribution in [3.8, 4) is 0 Å². The quantitative estimate of drug-likeness (QED) is 0.760. The minimum absolute atomic E-state index is 0.114. The van der Waals surface area contributed by atoms with Gasteiger partial charge in [0.2, 0.25) is 5.91 Å². The molecule has 20 heavy (non-hydrogen) atoms. The number of rotatable bonds is 8. The van der Waals surface area contributed by atoms with Gasteiger partial charge in [0, 0.05) is 26.1 Å². The van der Waals surface area contributed by atoms with E-state index in [1.807, 2.05) is 0 Å². The molecule has 112 valence electrons. The summed E-state index contributed by atoms with van der Waals surface area (Å²) in [5, 5.41) is 12.0. The van der Waals surface area contributed by atoms with E-state index in [0.717, 1.165) is 12.1 Å². The topological polar surface area (TPSA) is 58.6 Å². The van der Waals surface area contributed by atoms with Crippen LogP contribution < -0.4 is 5.32 Å². The van der Waals surface area contributed by atoms with Gasteiger partial charge in [-0.3, -0.25) is 4.79 Å². The smallest absolute Gasteiger partial charge is 0.220 e. The van der Waals surface area contributed by atoms with Crippen LogP contribution in [-0.4, -0.2) is 37.4 Å². The fraction of sp³-hybridized carbons (Fsp3) is 0.500. The van der Waals surface area contributed by atoms with Crippen LogP contribution in [-0.2, 0) is 16.0 Å². The number of aliphatic hydroxyl groups is 1. The van der Waals surface area contributed by atoms with Gasteiger partial charge in [0.25, 0.3) is 0 Å². The lowest BCUT2D eigenvalue weighted by molar-refractivity contribution is -0.121. The minimum Gasteiger partial charge on any atom is -0.391 e. The Morgan fingerprint density at radius 1 is 1.45 bits per heavy atom. The van der Waals surface area contributed by atoms with Gasteiger partial charge in [0.1, 0.15) is 11.6 Å². The van der Waals surface area contributed by atoms with Gasteiger partial charge in [-0.1, -0.05) is 6.07 Å². The summed E-state index contributed by atoms with van der Waals surface area (Å²) >= 11 is 0. The molecule has 0 bridgehead atoms. The summed E-state index contributed by atoms with van der Waals surface area (Å²) in [6.45, 7) is 0.548. The zero-order chi connectivity index (χ0) is 15.0. The second-order valence-corrected chi connectivity index (χ2v) is 4.48. The fourth-order valence-corrected chi connectivity index (χ4v) is 1.71. The van der Waals surface area contributed by atoms with Gasteiger partial charge in [-0.2, -0.15) is 0 Å². The Bertz CT molecular complexity index is 440. The van der Waals surface area contributed by atoms with E-state index in [2.05, 4.69) is 5.32 Å². The first-order chi connectivity index (χ1) is 9.52. The molecule has 0 saturated carbocycles. The van der Waals surface area contributed by atoms with Gasteiger partial charge in [0.15, 0.2) is 0 Å². The van der Waals surface area contributed by atoms with Crippen LogP contribution in [0.15, 0.2) is 18.2 Å². The Morgan fingerprint density at radius 3 is 2.85 bits per heavy atom. The van der Waals surface area contributed by atoms with Crippen LogP contribution in [0, 0.1) is 11.6 Å². The van der Waals surface area contributed by atoms with Crippen molar-refractivity contribution in [3.63, 3.8) is 0 Å². The number of aryl methyl sites for hydroxylation is 1. The van der Waals surface area contributed by atoms with Gasteiger partial charge in [0.05, 0.1) is 12.7 Å². The Balaban J connectivity index is 2.26. The third-order valence-electron chi connectivity index (χ3n) is 2.80. The van der Waals surface area contributed by atoms with E-state index in [9.17, 15) is 18.7 Å². The van der Waals surface area contributed by atoms with Crippen molar-refractivity contribution in [1.82, 2.24) is 5.32 Å². The molecule has 0 aliphatic rings. The number of methoxy groups -OCH3 is 1.